The molecule has 1 aliphatic heterocycles. The van der Waals surface area contributed by atoms with Crippen molar-refractivity contribution in [2.24, 2.45) is 0 Å². The Labute approximate surface area is 190 Å². The molecule has 0 aliphatic carbocycles. The van der Waals surface area contributed by atoms with Crippen LogP contribution in [0.3, 0.4) is 0 Å². The van der Waals surface area contributed by atoms with Gasteiger partial charge in [-0.1, -0.05) is 44.7 Å². The van der Waals surface area contributed by atoms with Crippen molar-refractivity contribution in [3.63, 3.8) is 0 Å². The van der Waals surface area contributed by atoms with Gasteiger partial charge >= 0.3 is 12.0 Å². The molecule has 32 heavy (non-hydrogen) atoms. The molecule has 4 N–H and O–H groups in total. The number of nitrogen functional groups attached to an aromatic ring is 1. The summed E-state index contributed by atoms with van der Waals surface area (Å²) in [6.45, 7) is 8.68. The van der Waals surface area contributed by atoms with Crippen molar-refractivity contribution in [1.29, 1.82) is 0 Å². The number of nitrogens with one attached hydrogen (secondary N) is 2. The molecule has 2 aromatic rings. The monoisotopic (exact) mass is 460 g/mol. The number of aromatic nitrogens is 3. The number of hydrogen-bond donors (Lipinski definition) is 3. The first-order valence-electron chi connectivity index (χ1n) is 10.2. The van der Waals surface area contributed by atoms with Gasteiger partial charge in [0.1, 0.15) is 12.4 Å². The second-order valence-corrected chi connectivity index (χ2v) is 9.05. The molecule has 0 spiro atoms. The van der Waals surface area contributed by atoms with E-state index in [4.69, 9.17) is 15.3 Å². The van der Waals surface area contributed by atoms with Crippen LogP contribution in [-0.2, 0) is 21.6 Å². The molecule has 0 unspecified atom stereocenters. The summed E-state index contributed by atoms with van der Waals surface area (Å²) in [6.07, 6.45) is 0. The minimum Gasteiger partial charge on any atom is -0.486 e. The maximum Gasteiger partial charge on any atom is 0.337 e. The number of nitrogens with zero attached hydrogens (tertiary/aromatic N) is 3. The average Bonchev–Trinajstić information content (AvgIpc) is 3.10. The van der Waals surface area contributed by atoms with Gasteiger partial charge in [0.15, 0.2) is 5.82 Å². The topological polar surface area (TPSA) is 133 Å². The Bertz CT molecular complexity index is 1010. The van der Waals surface area contributed by atoms with E-state index in [2.05, 4.69) is 41.6 Å². The zero-order valence-corrected chi connectivity index (χ0v) is 19.4. The number of esters is 1. The minimum atomic E-state index is -0.476. The van der Waals surface area contributed by atoms with E-state index in [9.17, 15) is 9.59 Å². The van der Waals surface area contributed by atoms with Crippen LogP contribution >= 0.6 is 11.8 Å². The minimum absolute atomic E-state index is 0.0680. The van der Waals surface area contributed by atoms with E-state index >= 15 is 0 Å². The fourth-order valence-corrected chi connectivity index (χ4v) is 3.77. The first-order valence-corrected chi connectivity index (χ1v) is 11.2. The second-order valence-electron chi connectivity index (χ2n) is 8.11. The lowest BCUT2D eigenvalue weighted by Gasteiger charge is -2.20. The van der Waals surface area contributed by atoms with E-state index in [-0.39, 0.29) is 37.0 Å². The molecular formula is C21H28N6O4S. The van der Waals surface area contributed by atoms with Crippen LogP contribution < -0.4 is 21.2 Å². The number of amides is 2. The van der Waals surface area contributed by atoms with Gasteiger partial charge in [-0.2, -0.15) is 0 Å². The quantitative estimate of drug-likeness (QED) is 0.310. The lowest BCUT2D eigenvalue weighted by Crippen LogP contribution is -2.44. The van der Waals surface area contributed by atoms with E-state index < -0.39 is 5.97 Å². The van der Waals surface area contributed by atoms with E-state index in [1.807, 2.05) is 24.3 Å². The summed E-state index contributed by atoms with van der Waals surface area (Å²) in [4.78, 5) is 23.8. The number of benzene rings is 1. The van der Waals surface area contributed by atoms with Gasteiger partial charge in [-0.05, 0) is 30.0 Å². The predicted octanol–water partition coefficient (Wildman–Crippen LogP) is 2.09. The van der Waals surface area contributed by atoms with Gasteiger partial charge in [0, 0.05) is 11.4 Å². The zero-order chi connectivity index (χ0) is 23.3. The van der Waals surface area contributed by atoms with Crippen molar-refractivity contribution in [1.82, 2.24) is 25.5 Å². The zero-order valence-electron chi connectivity index (χ0n) is 18.6. The van der Waals surface area contributed by atoms with Crippen molar-refractivity contribution in [3.05, 3.63) is 46.9 Å². The number of thioether (sulfide) groups is 1. The third-order valence-electron chi connectivity index (χ3n) is 4.75. The summed E-state index contributed by atoms with van der Waals surface area (Å²) in [5.41, 5.74) is 2.10. The smallest absolute Gasteiger partial charge is 0.337 e. The molecule has 0 saturated carbocycles. The molecule has 11 heteroatoms. The van der Waals surface area contributed by atoms with Crippen LogP contribution in [0.25, 0.3) is 0 Å². The maximum atomic E-state index is 12.1. The number of nitrogens with two attached hydrogens (primary N) is 1. The second kappa shape index (κ2) is 9.94. The molecule has 0 atom stereocenters. The Morgan fingerprint density at radius 1 is 1.25 bits per heavy atom. The van der Waals surface area contributed by atoms with Crippen LogP contribution in [0.5, 0.6) is 5.75 Å². The number of ether oxygens (including phenoxy) is 2. The third kappa shape index (κ3) is 5.72. The largest absolute Gasteiger partial charge is 0.486 e. The van der Waals surface area contributed by atoms with Crippen molar-refractivity contribution in [2.75, 3.05) is 24.7 Å². The van der Waals surface area contributed by atoms with Gasteiger partial charge in [-0.15, -0.1) is 10.2 Å². The Morgan fingerprint density at radius 2 is 1.97 bits per heavy atom. The molecule has 0 radical (unpaired) electrons. The van der Waals surface area contributed by atoms with Crippen molar-refractivity contribution in [2.45, 2.75) is 44.9 Å². The highest BCUT2D eigenvalue weighted by Gasteiger charge is 2.24. The molecule has 3 rings (SSSR count). The Kier molecular flexibility index (Phi) is 7.29. The fraction of sp³-hybridized carbons (Fsp3) is 0.429. The fourth-order valence-electron chi connectivity index (χ4n) is 2.91. The Morgan fingerprint density at radius 3 is 2.62 bits per heavy atom. The SMILES string of the molecule is CCOC(=O)C1=C(CSc2nnc(COc3ccc(C(C)(C)C)cc3)n2N)NC(=O)NC1. The Hall–Kier alpha value is -3.21. The first-order chi connectivity index (χ1) is 15.2. The summed E-state index contributed by atoms with van der Waals surface area (Å²) >= 11 is 1.24. The summed E-state index contributed by atoms with van der Waals surface area (Å²) in [5, 5.41) is 13.8. The summed E-state index contributed by atoms with van der Waals surface area (Å²) in [6, 6.07) is 7.51. The number of urea groups is 1. The molecule has 2 amide bonds. The van der Waals surface area contributed by atoms with Crippen LogP contribution in [0.2, 0.25) is 0 Å². The van der Waals surface area contributed by atoms with E-state index in [0.717, 1.165) is 0 Å². The molecule has 1 aliphatic rings. The normalized spacial score (nSPS) is 14.1. The predicted molar refractivity (Wildman–Crippen MR) is 121 cm³/mol. The maximum absolute atomic E-state index is 12.1. The third-order valence-corrected chi connectivity index (χ3v) is 5.71. The summed E-state index contributed by atoms with van der Waals surface area (Å²) in [5.74, 6) is 7.06. The Balaban J connectivity index is 1.63. The molecule has 0 saturated heterocycles. The van der Waals surface area contributed by atoms with Crippen LogP contribution in [0.15, 0.2) is 40.7 Å². The molecule has 2 heterocycles. The lowest BCUT2D eigenvalue weighted by molar-refractivity contribution is -0.138. The standard InChI is InChI=1S/C21H28N6O4S/c1-5-30-18(28)15-10-23-19(29)24-16(15)12-32-20-26-25-17(27(20)22)11-31-14-8-6-13(7-9-14)21(2,3)4/h6-9H,5,10-12,22H2,1-4H3,(H2,23,24,29). The lowest BCUT2D eigenvalue weighted by atomic mass is 9.87. The van der Waals surface area contributed by atoms with Gasteiger partial charge in [0.2, 0.25) is 5.16 Å². The van der Waals surface area contributed by atoms with Crippen LogP contribution in [0.1, 0.15) is 39.1 Å². The molecule has 10 nitrogen and oxygen atoms in total. The summed E-state index contributed by atoms with van der Waals surface area (Å²) in [7, 11) is 0. The van der Waals surface area contributed by atoms with Gasteiger partial charge in [-0.3, -0.25) is 0 Å². The average molecular weight is 461 g/mol. The molecule has 0 bridgehead atoms. The van der Waals surface area contributed by atoms with Crippen molar-refractivity contribution >= 4 is 23.8 Å². The van der Waals surface area contributed by atoms with Gasteiger partial charge in [0.05, 0.1) is 18.7 Å². The highest BCUT2D eigenvalue weighted by molar-refractivity contribution is 7.99. The number of carbonyl (C=O) groups is 2. The van der Waals surface area contributed by atoms with E-state index in [1.54, 1.807) is 6.92 Å². The van der Waals surface area contributed by atoms with Crippen LogP contribution in [-0.4, -0.2) is 45.8 Å². The number of rotatable bonds is 8. The van der Waals surface area contributed by atoms with Gasteiger partial charge < -0.3 is 25.9 Å². The van der Waals surface area contributed by atoms with Crippen LogP contribution in [0.4, 0.5) is 4.79 Å². The molecule has 0 fully saturated rings. The number of carbonyl (C=O) groups excluding carboxylic acids is 2. The highest BCUT2D eigenvalue weighted by atomic mass is 32.2. The highest BCUT2D eigenvalue weighted by Crippen LogP contribution is 2.25. The van der Waals surface area contributed by atoms with E-state index in [0.29, 0.717) is 28.0 Å². The molecule has 1 aromatic carbocycles. The van der Waals surface area contributed by atoms with Gasteiger partial charge in [0.25, 0.3) is 0 Å². The molecular weight excluding hydrogens is 432 g/mol. The van der Waals surface area contributed by atoms with Crippen molar-refractivity contribution < 1.29 is 19.1 Å². The molecule has 1 aromatic heterocycles. The van der Waals surface area contributed by atoms with E-state index in [1.165, 1.54) is 22.0 Å². The molecule has 172 valence electrons. The summed E-state index contributed by atoms with van der Waals surface area (Å²) < 4.78 is 12.2. The van der Waals surface area contributed by atoms with Crippen LogP contribution in [0, 0.1) is 0 Å². The number of hydrogen-bond acceptors (Lipinski definition) is 8. The van der Waals surface area contributed by atoms with Crippen molar-refractivity contribution in [3.8, 4) is 5.75 Å². The van der Waals surface area contributed by atoms with Gasteiger partial charge in [-0.25, -0.2) is 14.3 Å². The first kappa shape index (κ1) is 23.5.